The number of hydrogen-bond donors (Lipinski definition) is 1. The molecule has 0 unspecified atom stereocenters. The van der Waals surface area contributed by atoms with Crippen LogP contribution in [0.1, 0.15) is 38.3 Å². The number of amides is 2. The lowest BCUT2D eigenvalue weighted by Gasteiger charge is -2.31. The molecule has 150 valence electrons. The van der Waals surface area contributed by atoms with Crippen molar-refractivity contribution in [3.05, 3.63) is 35.9 Å². The quantitative estimate of drug-likeness (QED) is 0.756. The van der Waals surface area contributed by atoms with Gasteiger partial charge in [0.1, 0.15) is 6.04 Å². The molecule has 1 fully saturated rings. The first-order chi connectivity index (χ1) is 12.8. The van der Waals surface area contributed by atoms with Crippen molar-refractivity contribution in [1.29, 1.82) is 0 Å². The molecule has 0 saturated carbocycles. The third kappa shape index (κ3) is 5.52. The van der Waals surface area contributed by atoms with E-state index in [1.165, 1.54) is 10.6 Å². The number of likely N-dealkylation sites (N-methyl/N-ethyl adjacent to an activating group) is 1. The van der Waals surface area contributed by atoms with Crippen molar-refractivity contribution < 1.29 is 18.0 Å². The largest absolute Gasteiger partial charge is 0.341 e. The molecule has 1 saturated heterocycles. The van der Waals surface area contributed by atoms with E-state index in [1.807, 2.05) is 44.2 Å². The molecule has 1 aliphatic heterocycles. The monoisotopic (exact) mass is 395 g/mol. The van der Waals surface area contributed by atoms with Crippen molar-refractivity contribution in [2.75, 3.05) is 32.4 Å². The molecule has 1 atom stereocenters. The van der Waals surface area contributed by atoms with Crippen LogP contribution in [-0.4, -0.2) is 61.9 Å². The molecule has 1 N–H and O–H groups in total. The number of carbonyl (C=O) groups is 2. The fourth-order valence-electron chi connectivity index (χ4n) is 3.36. The van der Waals surface area contributed by atoms with Crippen LogP contribution in [0.15, 0.2) is 30.3 Å². The highest BCUT2D eigenvalue weighted by molar-refractivity contribution is 7.88. The standard InChI is InChI=1S/C19H29N3O4S/c1-4-21(5-2)19(24)17(15-9-7-6-8-10-15)20-18(23)16-11-13-22(14-12-16)27(3,25)26/h6-10,16-17H,4-5,11-14H2,1-3H3,(H,20,23)/t17-/m0/s1. The maximum Gasteiger partial charge on any atom is 0.249 e. The second-order valence-corrected chi connectivity index (χ2v) is 8.78. The summed E-state index contributed by atoms with van der Waals surface area (Å²) in [5.74, 6) is -0.621. The first kappa shape index (κ1) is 21.4. The zero-order valence-corrected chi connectivity index (χ0v) is 17.0. The first-order valence-corrected chi connectivity index (χ1v) is 11.2. The van der Waals surface area contributed by atoms with Gasteiger partial charge in [-0.25, -0.2) is 12.7 Å². The summed E-state index contributed by atoms with van der Waals surface area (Å²) in [5, 5.41) is 2.91. The smallest absolute Gasteiger partial charge is 0.249 e. The molecule has 1 aromatic rings. The van der Waals surface area contributed by atoms with Gasteiger partial charge < -0.3 is 10.2 Å². The molecule has 0 radical (unpaired) electrons. The fourth-order valence-corrected chi connectivity index (χ4v) is 4.23. The van der Waals surface area contributed by atoms with E-state index < -0.39 is 16.1 Å². The van der Waals surface area contributed by atoms with Gasteiger partial charge in [-0.1, -0.05) is 30.3 Å². The predicted octanol–water partition coefficient (Wildman–Crippen LogP) is 1.38. The maximum absolute atomic E-state index is 12.9. The number of hydrogen-bond acceptors (Lipinski definition) is 4. The lowest BCUT2D eigenvalue weighted by molar-refractivity contribution is -0.137. The molecule has 1 aliphatic rings. The van der Waals surface area contributed by atoms with E-state index in [2.05, 4.69) is 5.32 Å². The first-order valence-electron chi connectivity index (χ1n) is 9.37. The van der Waals surface area contributed by atoms with Crippen LogP contribution in [0.2, 0.25) is 0 Å². The summed E-state index contributed by atoms with van der Waals surface area (Å²) in [5.41, 5.74) is 0.747. The van der Waals surface area contributed by atoms with Crippen LogP contribution in [0, 0.1) is 5.92 Å². The Bertz CT molecular complexity index is 739. The Morgan fingerprint density at radius 3 is 2.19 bits per heavy atom. The van der Waals surface area contributed by atoms with E-state index in [0.717, 1.165) is 5.56 Å². The van der Waals surface area contributed by atoms with Crippen LogP contribution >= 0.6 is 0 Å². The van der Waals surface area contributed by atoms with Crippen molar-refractivity contribution in [3.8, 4) is 0 Å². The van der Waals surface area contributed by atoms with Gasteiger partial charge in [0.15, 0.2) is 0 Å². The molecule has 0 aromatic heterocycles. The lowest BCUT2D eigenvalue weighted by Crippen LogP contribution is -2.47. The van der Waals surface area contributed by atoms with E-state index in [1.54, 1.807) is 4.90 Å². The van der Waals surface area contributed by atoms with Crippen LogP contribution in [0.25, 0.3) is 0 Å². The van der Waals surface area contributed by atoms with Crippen LogP contribution < -0.4 is 5.32 Å². The van der Waals surface area contributed by atoms with E-state index in [9.17, 15) is 18.0 Å². The number of carbonyl (C=O) groups excluding carboxylic acids is 2. The summed E-state index contributed by atoms with van der Waals surface area (Å²) in [6, 6.07) is 8.48. The Morgan fingerprint density at radius 1 is 1.15 bits per heavy atom. The minimum atomic E-state index is -3.23. The molecule has 2 amide bonds. The average Bonchev–Trinajstić information content (AvgIpc) is 2.67. The third-order valence-electron chi connectivity index (χ3n) is 5.04. The second kappa shape index (κ2) is 9.32. The summed E-state index contributed by atoms with van der Waals surface area (Å²) < 4.78 is 24.7. The van der Waals surface area contributed by atoms with Gasteiger partial charge in [-0.2, -0.15) is 0 Å². The van der Waals surface area contributed by atoms with Gasteiger partial charge in [0.2, 0.25) is 21.8 Å². The van der Waals surface area contributed by atoms with Crippen molar-refractivity contribution in [1.82, 2.24) is 14.5 Å². The van der Waals surface area contributed by atoms with Gasteiger partial charge in [-0.15, -0.1) is 0 Å². The highest BCUT2D eigenvalue weighted by Gasteiger charge is 2.32. The minimum absolute atomic E-state index is 0.131. The number of nitrogens with zero attached hydrogens (tertiary/aromatic N) is 2. The van der Waals surface area contributed by atoms with Gasteiger partial charge in [0, 0.05) is 32.1 Å². The predicted molar refractivity (Wildman–Crippen MR) is 104 cm³/mol. The normalized spacial score (nSPS) is 17.3. The summed E-state index contributed by atoms with van der Waals surface area (Å²) in [7, 11) is -3.23. The zero-order valence-electron chi connectivity index (χ0n) is 16.2. The minimum Gasteiger partial charge on any atom is -0.341 e. The Labute approximate surface area is 161 Å². The van der Waals surface area contributed by atoms with E-state index in [0.29, 0.717) is 39.0 Å². The number of piperidine rings is 1. The summed E-state index contributed by atoms with van der Waals surface area (Å²) in [6.45, 7) is 5.62. The molecule has 1 aromatic carbocycles. The highest BCUT2D eigenvalue weighted by atomic mass is 32.2. The summed E-state index contributed by atoms with van der Waals surface area (Å²) in [6.07, 6.45) is 2.10. The Kier molecular flexibility index (Phi) is 7.38. The number of sulfonamides is 1. The number of nitrogens with one attached hydrogen (secondary N) is 1. The second-order valence-electron chi connectivity index (χ2n) is 6.80. The van der Waals surface area contributed by atoms with Gasteiger partial charge >= 0.3 is 0 Å². The molecule has 8 heteroatoms. The van der Waals surface area contributed by atoms with Crippen molar-refractivity contribution in [3.63, 3.8) is 0 Å². The molecule has 27 heavy (non-hydrogen) atoms. The van der Waals surface area contributed by atoms with Crippen LogP contribution in [0.4, 0.5) is 0 Å². The molecular weight excluding hydrogens is 366 g/mol. The lowest BCUT2D eigenvalue weighted by atomic mass is 9.96. The Morgan fingerprint density at radius 2 is 1.70 bits per heavy atom. The molecule has 2 rings (SSSR count). The van der Waals surface area contributed by atoms with Crippen LogP contribution in [0.3, 0.4) is 0 Å². The summed E-state index contributed by atoms with van der Waals surface area (Å²) in [4.78, 5) is 27.4. The molecule has 0 spiro atoms. The van der Waals surface area contributed by atoms with Gasteiger partial charge in [-0.05, 0) is 32.3 Å². The van der Waals surface area contributed by atoms with E-state index >= 15 is 0 Å². The van der Waals surface area contributed by atoms with Crippen LogP contribution in [0.5, 0.6) is 0 Å². The van der Waals surface area contributed by atoms with E-state index in [-0.39, 0.29) is 17.7 Å². The SMILES string of the molecule is CCN(CC)C(=O)[C@@H](NC(=O)C1CCN(S(C)(=O)=O)CC1)c1ccccc1. The van der Waals surface area contributed by atoms with E-state index in [4.69, 9.17) is 0 Å². The topological polar surface area (TPSA) is 86.8 Å². The Hall–Kier alpha value is -1.93. The van der Waals surface area contributed by atoms with Gasteiger partial charge in [0.25, 0.3) is 0 Å². The van der Waals surface area contributed by atoms with Gasteiger partial charge in [0.05, 0.1) is 6.26 Å². The Balaban J connectivity index is 2.11. The van der Waals surface area contributed by atoms with Crippen molar-refractivity contribution in [2.45, 2.75) is 32.7 Å². The highest BCUT2D eigenvalue weighted by Crippen LogP contribution is 2.22. The molecular formula is C19H29N3O4S. The molecule has 7 nitrogen and oxygen atoms in total. The summed E-state index contributed by atoms with van der Waals surface area (Å²) >= 11 is 0. The van der Waals surface area contributed by atoms with Crippen molar-refractivity contribution in [2.24, 2.45) is 5.92 Å². The molecule has 0 bridgehead atoms. The molecule has 0 aliphatic carbocycles. The maximum atomic E-state index is 12.9. The van der Waals surface area contributed by atoms with Crippen LogP contribution in [-0.2, 0) is 19.6 Å². The zero-order chi connectivity index (χ0) is 20.0. The third-order valence-corrected chi connectivity index (χ3v) is 6.34. The number of benzene rings is 1. The molecule has 1 heterocycles. The van der Waals surface area contributed by atoms with Gasteiger partial charge in [-0.3, -0.25) is 9.59 Å². The fraction of sp³-hybridized carbons (Fsp3) is 0.579. The average molecular weight is 396 g/mol. The van der Waals surface area contributed by atoms with Crippen molar-refractivity contribution >= 4 is 21.8 Å². The number of rotatable bonds is 7.